The summed E-state index contributed by atoms with van der Waals surface area (Å²) in [5, 5.41) is 6.93. The van der Waals surface area contributed by atoms with Crippen LogP contribution in [0, 0.1) is 19.8 Å². The molecule has 1 aliphatic rings. The van der Waals surface area contributed by atoms with Gasteiger partial charge in [0.15, 0.2) is 0 Å². The molecular formula is C12H20N4O. The van der Waals surface area contributed by atoms with Crippen LogP contribution in [0.5, 0.6) is 0 Å². The Labute approximate surface area is 101 Å². The summed E-state index contributed by atoms with van der Waals surface area (Å²) in [6.07, 6.45) is 2.17. The normalized spacial score (nSPS) is 20.6. The van der Waals surface area contributed by atoms with Crippen LogP contribution in [0.4, 0.5) is 0 Å². The molecular weight excluding hydrogens is 216 g/mol. The maximum absolute atomic E-state index is 12.4. The SMILES string of the molecule is Cc1n[nH]c(C)c1C(=O)N1CCCC(CN)C1. The molecule has 0 aromatic carbocycles. The predicted octanol–water partition coefficient (Wildman–Crippen LogP) is 0.837. The molecule has 1 fully saturated rings. The molecule has 5 heteroatoms. The Balaban J connectivity index is 2.15. The van der Waals surface area contributed by atoms with Gasteiger partial charge in [-0.25, -0.2) is 0 Å². The van der Waals surface area contributed by atoms with Crippen LogP contribution in [0.1, 0.15) is 34.6 Å². The van der Waals surface area contributed by atoms with Crippen LogP contribution in [0.2, 0.25) is 0 Å². The standard InChI is InChI=1S/C12H20N4O/c1-8-11(9(2)15-14-8)12(17)16-5-3-4-10(6-13)7-16/h10H,3-7,13H2,1-2H3,(H,14,15). The number of nitrogens with one attached hydrogen (secondary N) is 1. The number of aryl methyl sites for hydroxylation is 2. The number of rotatable bonds is 2. The lowest BCUT2D eigenvalue weighted by Crippen LogP contribution is -2.42. The molecule has 1 aliphatic heterocycles. The summed E-state index contributed by atoms with van der Waals surface area (Å²) in [5.74, 6) is 0.534. The van der Waals surface area contributed by atoms with E-state index < -0.39 is 0 Å². The number of piperidine rings is 1. The van der Waals surface area contributed by atoms with Gasteiger partial charge in [-0.1, -0.05) is 0 Å². The molecule has 1 unspecified atom stereocenters. The summed E-state index contributed by atoms with van der Waals surface area (Å²) in [4.78, 5) is 14.3. The Morgan fingerprint density at radius 3 is 2.94 bits per heavy atom. The number of likely N-dealkylation sites (tertiary alicyclic amines) is 1. The fourth-order valence-electron chi connectivity index (χ4n) is 2.47. The number of aromatic nitrogens is 2. The molecule has 1 amide bonds. The highest BCUT2D eigenvalue weighted by molar-refractivity contribution is 5.96. The quantitative estimate of drug-likeness (QED) is 0.799. The van der Waals surface area contributed by atoms with Crippen LogP contribution in [0.25, 0.3) is 0 Å². The van der Waals surface area contributed by atoms with Gasteiger partial charge in [-0.15, -0.1) is 0 Å². The molecule has 0 radical (unpaired) electrons. The first-order valence-corrected chi connectivity index (χ1v) is 6.14. The van der Waals surface area contributed by atoms with E-state index in [-0.39, 0.29) is 5.91 Å². The number of amides is 1. The molecule has 1 aromatic rings. The summed E-state index contributed by atoms with van der Waals surface area (Å²) in [6, 6.07) is 0. The fourth-order valence-corrected chi connectivity index (χ4v) is 2.47. The molecule has 0 spiro atoms. The number of hydrogen-bond donors (Lipinski definition) is 2. The average molecular weight is 236 g/mol. The molecule has 1 atom stereocenters. The highest BCUT2D eigenvalue weighted by atomic mass is 16.2. The second-order valence-corrected chi connectivity index (χ2v) is 4.80. The van der Waals surface area contributed by atoms with Crippen molar-refractivity contribution in [3.8, 4) is 0 Å². The number of nitrogens with two attached hydrogens (primary N) is 1. The summed E-state index contributed by atoms with van der Waals surface area (Å²) in [5.41, 5.74) is 8.04. The van der Waals surface area contributed by atoms with Gasteiger partial charge in [-0.3, -0.25) is 9.89 Å². The molecule has 1 aromatic heterocycles. The Morgan fingerprint density at radius 1 is 1.59 bits per heavy atom. The van der Waals surface area contributed by atoms with E-state index in [1.165, 1.54) is 0 Å². The number of carbonyl (C=O) groups is 1. The lowest BCUT2D eigenvalue weighted by atomic mass is 9.97. The second-order valence-electron chi connectivity index (χ2n) is 4.80. The Kier molecular flexibility index (Phi) is 3.47. The first kappa shape index (κ1) is 12.1. The molecule has 1 saturated heterocycles. The minimum atomic E-state index is 0.0897. The molecule has 17 heavy (non-hydrogen) atoms. The van der Waals surface area contributed by atoms with Crippen LogP contribution in [0.3, 0.4) is 0 Å². The number of hydrogen-bond acceptors (Lipinski definition) is 3. The van der Waals surface area contributed by atoms with Crippen molar-refractivity contribution in [3.63, 3.8) is 0 Å². The van der Waals surface area contributed by atoms with Crippen molar-refractivity contribution in [2.45, 2.75) is 26.7 Å². The van der Waals surface area contributed by atoms with Gasteiger partial charge >= 0.3 is 0 Å². The lowest BCUT2D eigenvalue weighted by molar-refractivity contribution is 0.0677. The van der Waals surface area contributed by atoms with Crippen LogP contribution in [0.15, 0.2) is 0 Å². The monoisotopic (exact) mass is 236 g/mol. The van der Waals surface area contributed by atoms with Gasteiger partial charge in [0.2, 0.25) is 0 Å². The van der Waals surface area contributed by atoms with Crippen molar-refractivity contribution >= 4 is 5.91 Å². The molecule has 0 saturated carbocycles. The zero-order valence-electron chi connectivity index (χ0n) is 10.5. The summed E-state index contributed by atoms with van der Waals surface area (Å²) >= 11 is 0. The number of H-pyrrole nitrogens is 1. The van der Waals surface area contributed by atoms with Crippen LogP contribution in [-0.4, -0.2) is 40.6 Å². The van der Waals surface area contributed by atoms with E-state index >= 15 is 0 Å². The molecule has 0 aliphatic carbocycles. The van der Waals surface area contributed by atoms with Gasteiger partial charge in [0.05, 0.1) is 11.3 Å². The van der Waals surface area contributed by atoms with Crippen molar-refractivity contribution < 1.29 is 4.79 Å². The minimum Gasteiger partial charge on any atom is -0.338 e. The van der Waals surface area contributed by atoms with E-state index in [2.05, 4.69) is 10.2 Å². The zero-order chi connectivity index (χ0) is 12.4. The maximum atomic E-state index is 12.4. The molecule has 2 heterocycles. The van der Waals surface area contributed by atoms with Gasteiger partial charge in [0, 0.05) is 18.8 Å². The Bertz CT molecular complexity index is 393. The average Bonchev–Trinajstić information content (AvgIpc) is 2.68. The third-order valence-corrected chi connectivity index (χ3v) is 3.48. The number of carbonyl (C=O) groups excluding carboxylic acids is 1. The third kappa shape index (κ3) is 2.34. The third-order valence-electron chi connectivity index (χ3n) is 3.48. The van der Waals surface area contributed by atoms with Crippen LogP contribution < -0.4 is 5.73 Å². The topological polar surface area (TPSA) is 75.0 Å². The van der Waals surface area contributed by atoms with Crippen molar-refractivity contribution in [3.05, 3.63) is 17.0 Å². The molecule has 94 valence electrons. The van der Waals surface area contributed by atoms with E-state index in [9.17, 15) is 4.79 Å². The summed E-state index contributed by atoms with van der Waals surface area (Å²) in [6.45, 7) is 6.02. The highest BCUT2D eigenvalue weighted by Gasteiger charge is 2.26. The molecule has 0 bridgehead atoms. The van der Waals surface area contributed by atoms with E-state index in [1.807, 2.05) is 18.7 Å². The highest BCUT2D eigenvalue weighted by Crippen LogP contribution is 2.19. The van der Waals surface area contributed by atoms with Gasteiger partial charge in [0.1, 0.15) is 0 Å². The number of aromatic amines is 1. The van der Waals surface area contributed by atoms with E-state index in [0.717, 1.165) is 42.9 Å². The van der Waals surface area contributed by atoms with E-state index in [0.29, 0.717) is 12.5 Å². The predicted molar refractivity (Wildman–Crippen MR) is 65.7 cm³/mol. The molecule has 2 rings (SSSR count). The maximum Gasteiger partial charge on any atom is 0.257 e. The largest absolute Gasteiger partial charge is 0.338 e. The second kappa shape index (κ2) is 4.87. The van der Waals surface area contributed by atoms with Crippen molar-refractivity contribution in [2.24, 2.45) is 11.7 Å². The summed E-state index contributed by atoms with van der Waals surface area (Å²) in [7, 11) is 0. The Morgan fingerprint density at radius 2 is 2.35 bits per heavy atom. The zero-order valence-corrected chi connectivity index (χ0v) is 10.5. The van der Waals surface area contributed by atoms with Crippen LogP contribution >= 0.6 is 0 Å². The molecule has 3 N–H and O–H groups in total. The van der Waals surface area contributed by atoms with E-state index in [1.54, 1.807) is 0 Å². The Hall–Kier alpha value is -1.36. The smallest absolute Gasteiger partial charge is 0.257 e. The fraction of sp³-hybridized carbons (Fsp3) is 0.667. The van der Waals surface area contributed by atoms with Gasteiger partial charge in [-0.2, -0.15) is 5.10 Å². The summed E-state index contributed by atoms with van der Waals surface area (Å²) < 4.78 is 0. The van der Waals surface area contributed by atoms with Gasteiger partial charge < -0.3 is 10.6 Å². The number of nitrogens with zero attached hydrogens (tertiary/aromatic N) is 2. The minimum absolute atomic E-state index is 0.0897. The van der Waals surface area contributed by atoms with Gasteiger partial charge in [-0.05, 0) is 39.2 Å². The first-order valence-electron chi connectivity index (χ1n) is 6.14. The van der Waals surface area contributed by atoms with Crippen LogP contribution in [-0.2, 0) is 0 Å². The van der Waals surface area contributed by atoms with Crippen molar-refractivity contribution in [1.29, 1.82) is 0 Å². The lowest BCUT2D eigenvalue weighted by Gasteiger charge is -2.32. The molecule has 5 nitrogen and oxygen atoms in total. The van der Waals surface area contributed by atoms with Gasteiger partial charge in [0.25, 0.3) is 5.91 Å². The van der Waals surface area contributed by atoms with E-state index in [4.69, 9.17) is 5.73 Å². The van der Waals surface area contributed by atoms with Crippen molar-refractivity contribution in [2.75, 3.05) is 19.6 Å². The van der Waals surface area contributed by atoms with Crippen molar-refractivity contribution in [1.82, 2.24) is 15.1 Å². The first-order chi connectivity index (χ1) is 8.13.